The van der Waals surface area contributed by atoms with Gasteiger partial charge < -0.3 is 5.11 Å². The van der Waals surface area contributed by atoms with E-state index < -0.39 is 5.41 Å². The smallest absolute Gasteiger partial charge is 0.120 e. The summed E-state index contributed by atoms with van der Waals surface area (Å²) in [6, 6.07) is 7.69. The molecule has 0 fully saturated rings. The van der Waals surface area contributed by atoms with Crippen molar-refractivity contribution in [2.24, 2.45) is 0 Å². The summed E-state index contributed by atoms with van der Waals surface area (Å²) < 4.78 is 0. The van der Waals surface area contributed by atoms with Crippen molar-refractivity contribution in [1.29, 1.82) is 5.26 Å². The van der Waals surface area contributed by atoms with E-state index in [-0.39, 0.29) is 5.75 Å². The zero-order valence-electron chi connectivity index (χ0n) is 9.70. The maximum Gasteiger partial charge on any atom is 0.120 e. The van der Waals surface area contributed by atoms with Crippen LogP contribution in [0.4, 0.5) is 0 Å². The Morgan fingerprint density at radius 3 is 2.40 bits per heavy atom. The molecule has 80 valence electrons. The zero-order chi connectivity index (χ0) is 11.6. The average molecular weight is 203 g/mol. The van der Waals surface area contributed by atoms with Gasteiger partial charge in [0.2, 0.25) is 0 Å². The number of hydrogen-bond donors (Lipinski definition) is 1. The Morgan fingerprint density at radius 2 is 1.93 bits per heavy atom. The normalized spacial score (nSPS) is 11.5. The van der Waals surface area contributed by atoms with Gasteiger partial charge in [-0.1, -0.05) is 26.0 Å². The predicted molar refractivity (Wildman–Crippen MR) is 60.8 cm³/mol. The molecule has 15 heavy (non-hydrogen) atoms. The Hall–Kier alpha value is -1.49. The molecule has 0 radical (unpaired) electrons. The number of hydrogen-bond acceptors (Lipinski definition) is 2. The molecule has 2 heteroatoms. The van der Waals surface area contributed by atoms with Crippen molar-refractivity contribution < 1.29 is 5.11 Å². The molecule has 1 rings (SSSR count). The Balaban J connectivity index is 3.30. The van der Waals surface area contributed by atoms with Crippen LogP contribution in [0.3, 0.4) is 0 Å². The summed E-state index contributed by atoms with van der Waals surface area (Å²) in [5, 5.41) is 18.8. The SMILES string of the molecule is CC(C)c1ccc(O)c(C(C)(C)C#N)c1. The summed E-state index contributed by atoms with van der Waals surface area (Å²) in [4.78, 5) is 0. The van der Waals surface area contributed by atoms with Crippen molar-refractivity contribution in [3.8, 4) is 11.8 Å². The zero-order valence-corrected chi connectivity index (χ0v) is 9.70. The largest absolute Gasteiger partial charge is 0.508 e. The molecule has 0 amide bonds. The minimum atomic E-state index is -0.644. The first-order valence-corrected chi connectivity index (χ1v) is 5.13. The van der Waals surface area contributed by atoms with Crippen molar-refractivity contribution in [2.75, 3.05) is 0 Å². The Bertz CT molecular complexity index is 399. The highest BCUT2D eigenvalue weighted by Crippen LogP contribution is 2.32. The van der Waals surface area contributed by atoms with Crippen LogP contribution in [0.15, 0.2) is 18.2 Å². The third kappa shape index (κ3) is 2.30. The summed E-state index contributed by atoms with van der Waals surface area (Å²) >= 11 is 0. The second-order valence-corrected chi connectivity index (χ2v) is 4.67. The molecule has 0 unspecified atom stereocenters. The Morgan fingerprint density at radius 1 is 1.33 bits per heavy atom. The molecule has 0 saturated carbocycles. The van der Waals surface area contributed by atoms with Gasteiger partial charge in [-0.25, -0.2) is 0 Å². The van der Waals surface area contributed by atoms with E-state index in [1.54, 1.807) is 6.07 Å². The highest BCUT2D eigenvalue weighted by atomic mass is 16.3. The highest BCUT2D eigenvalue weighted by molar-refractivity contribution is 5.44. The van der Waals surface area contributed by atoms with Crippen molar-refractivity contribution in [3.05, 3.63) is 29.3 Å². The lowest BCUT2D eigenvalue weighted by molar-refractivity contribution is 0.456. The number of benzene rings is 1. The number of phenols is 1. The fourth-order valence-corrected chi connectivity index (χ4v) is 1.47. The second kappa shape index (κ2) is 3.94. The number of nitrogens with zero attached hydrogens (tertiary/aromatic N) is 1. The molecule has 0 aliphatic rings. The van der Waals surface area contributed by atoms with E-state index in [1.807, 2.05) is 26.0 Å². The lowest BCUT2D eigenvalue weighted by atomic mass is 9.83. The van der Waals surface area contributed by atoms with E-state index in [1.165, 1.54) is 0 Å². The van der Waals surface area contributed by atoms with Crippen LogP contribution in [0.5, 0.6) is 5.75 Å². The van der Waals surface area contributed by atoms with Crippen molar-refractivity contribution in [3.63, 3.8) is 0 Å². The van der Waals surface area contributed by atoms with Crippen molar-refractivity contribution in [1.82, 2.24) is 0 Å². The monoisotopic (exact) mass is 203 g/mol. The van der Waals surface area contributed by atoms with Gasteiger partial charge in [0.25, 0.3) is 0 Å². The number of rotatable bonds is 2. The van der Waals surface area contributed by atoms with Crippen LogP contribution in [-0.4, -0.2) is 5.11 Å². The van der Waals surface area contributed by atoms with E-state index in [9.17, 15) is 5.11 Å². The summed E-state index contributed by atoms with van der Waals surface area (Å²) in [6.07, 6.45) is 0. The molecule has 0 aliphatic carbocycles. The van der Waals surface area contributed by atoms with Gasteiger partial charge in [-0.2, -0.15) is 5.26 Å². The van der Waals surface area contributed by atoms with Crippen LogP contribution in [0.2, 0.25) is 0 Å². The predicted octanol–water partition coefficient (Wildman–Crippen LogP) is 3.32. The minimum absolute atomic E-state index is 0.200. The van der Waals surface area contributed by atoms with Gasteiger partial charge in [-0.3, -0.25) is 0 Å². The van der Waals surface area contributed by atoms with Crippen molar-refractivity contribution >= 4 is 0 Å². The fourth-order valence-electron chi connectivity index (χ4n) is 1.47. The third-order valence-electron chi connectivity index (χ3n) is 2.64. The molecule has 0 atom stereocenters. The Kier molecular flexibility index (Phi) is 3.04. The van der Waals surface area contributed by atoms with E-state index in [4.69, 9.17) is 5.26 Å². The van der Waals surface area contributed by atoms with Gasteiger partial charge >= 0.3 is 0 Å². The molecule has 0 heterocycles. The Labute approximate surface area is 91.2 Å². The van der Waals surface area contributed by atoms with Crippen LogP contribution >= 0.6 is 0 Å². The quantitative estimate of drug-likeness (QED) is 0.801. The summed E-state index contributed by atoms with van der Waals surface area (Å²) in [6.45, 7) is 7.81. The molecule has 0 bridgehead atoms. The molecule has 0 saturated heterocycles. The summed E-state index contributed by atoms with van der Waals surface area (Å²) in [7, 11) is 0. The topological polar surface area (TPSA) is 44.0 Å². The number of phenolic OH excluding ortho intramolecular Hbond substituents is 1. The molecule has 1 N–H and O–H groups in total. The number of nitriles is 1. The molecule has 0 spiro atoms. The summed E-state index contributed by atoms with van der Waals surface area (Å²) in [5.41, 5.74) is 1.21. The second-order valence-electron chi connectivity index (χ2n) is 4.67. The van der Waals surface area contributed by atoms with Gasteiger partial charge in [-0.15, -0.1) is 0 Å². The number of aromatic hydroxyl groups is 1. The van der Waals surface area contributed by atoms with E-state index >= 15 is 0 Å². The van der Waals surface area contributed by atoms with E-state index in [0.29, 0.717) is 11.5 Å². The highest BCUT2D eigenvalue weighted by Gasteiger charge is 2.23. The fraction of sp³-hybridized carbons (Fsp3) is 0.462. The standard InChI is InChI=1S/C13H17NO/c1-9(2)10-5-6-12(15)11(7-10)13(3,4)8-14/h5-7,9,15H,1-4H3. The van der Waals surface area contributed by atoms with Crippen LogP contribution < -0.4 is 0 Å². The average Bonchev–Trinajstić information content (AvgIpc) is 2.17. The first kappa shape index (κ1) is 11.6. The maximum absolute atomic E-state index is 9.73. The van der Waals surface area contributed by atoms with Gasteiger partial charge in [0.15, 0.2) is 0 Å². The lowest BCUT2D eigenvalue weighted by Crippen LogP contribution is -2.14. The molecular weight excluding hydrogens is 186 g/mol. The molecule has 0 aliphatic heterocycles. The summed E-state index contributed by atoms with van der Waals surface area (Å²) in [5.74, 6) is 0.602. The van der Waals surface area contributed by atoms with Gasteiger partial charge in [0.05, 0.1) is 11.5 Å². The molecule has 1 aromatic rings. The molecular formula is C13H17NO. The maximum atomic E-state index is 9.73. The molecule has 2 nitrogen and oxygen atoms in total. The van der Waals surface area contributed by atoms with Crippen LogP contribution in [0.25, 0.3) is 0 Å². The van der Waals surface area contributed by atoms with Crippen LogP contribution in [0, 0.1) is 11.3 Å². The van der Waals surface area contributed by atoms with Crippen LogP contribution in [0.1, 0.15) is 44.7 Å². The first-order chi connectivity index (χ1) is 6.88. The van der Waals surface area contributed by atoms with E-state index in [2.05, 4.69) is 19.9 Å². The van der Waals surface area contributed by atoms with E-state index in [0.717, 1.165) is 5.56 Å². The third-order valence-corrected chi connectivity index (χ3v) is 2.64. The van der Waals surface area contributed by atoms with Gasteiger partial charge in [-0.05, 0) is 31.4 Å². The lowest BCUT2D eigenvalue weighted by Gasteiger charge is -2.19. The first-order valence-electron chi connectivity index (χ1n) is 5.13. The van der Waals surface area contributed by atoms with Gasteiger partial charge in [0, 0.05) is 5.56 Å². The minimum Gasteiger partial charge on any atom is -0.508 e. The molecule has 0 aromatic heterocycles. The van der Waals surface area contributed by atoms with Gasteiger partial charge in [0.1, 0.15) is 5.75 Å². The van der Waals surface area contributed by atoms with Crippen LogP contribution in [-0.2, 0) is 5.41 Å². The molecule has 1 aromatic carbocycles. The van der Waals surface area contributed by atoms with Crippen molar-refractivity contribution in [2.45, 2.75) is 39.0 Å².